The number of nitrogens with one attached hydrogen (secondary N) is 1. The molecule has 16 heavy (non-hydrogen) atoms. The summed E-state index contributed by atoms with van der Waals surface area (Å²) in [5.74, 6) is -0.263. The van der Waals surface area contributed by atoms with Gasteiger partial charge in [-0.05, 0) is 24.6 Å². The highest BCUT2D eigenvalue weighted by atomic mass is 19.1. The zero-order valence-corrected chi connectivity index (χ0v) is 9.33. The van der Waals surface area contributed by atoms with Crippen LogP contribution in [0.15, 0.2) is 36.9 Å². The first-order valence-electron chi connectivity index (χ1n) is 5.11. The van der Waals surface area contributed by atoms with Gasteiger partial charge in [-0.3, -0.25) is 5.32 Å². The molecular weight excluding hydrogens is 203 g/mol. The van der Waals surface area contributed by atoms with Gasteiger partial charge in [0.1, 0.15) is 11.4 Å². The van der Waals surface area contributed by atoms with Crippen molar-refractivity contribution in [1.29, 1.82) is 5.26 Å². The maximum atomic E-state index is 12.7. The lowest BCUT2D eigenvalue weighted by Crippen LogP contribution is -2.43. The van der Waals surface area contributed by atoms with Gasteiger partial charge in [0.2, 0.25) is 0 Å². The summed E-state index contributed by atoms with van der Waals surface area (Å²) in [5.41, 5.74) is 0.286. The Balaban J connectivity index is 2.73. The zero-order chi connectivity index (χ0) is 12.0. The third kappa shape index (κ3) is 3.48. The molecule has 0 aliphatic heterocycles. The van der Waals surface area contributed by atoms with Crippen LogP contribution < -0.4 is 5.32 Å². The topological polar surface area (TPSA) is 35.8 Å². The molecular formula is C13H15FN2. The minimum Gasteiger partial charge on any atom is -0.296 e. The molecule has 0 amide bonds. The monoisotopic (exact) mass is 218 g/mol. The lowest BCUT2D eigenvalue weighted by Gasteiger charge is -2.22. The van der Waals surface area contributed by atoms with Crippen molar-refractivity contribution < 1.29 is 4.39 Å². The third-order valence-corrected chi connectivity index (χ3v) is 2.35. The van der Waals surface area contributed by atoms with Gasteiger partial charge in [0.05, 0.1) is 6.07 Å². The van der Waals surface area contributed by atoms with Crippen LogP contribution in [0.25, 0.3) is 0 Å². The van der Waals surface area contributed by atoms with Crippen molar-refractivity contribution in [3.63, 3.8) is 0 Å². The SMILES string of the molecule is C=CCNC(C)(C#N)Cc1ccc(F)cc1. The Hall–Kier alpha value is -1.66. The lowest BCUT2D eigenvalue weighted by atomic mass is 9.94. The Bertz CT molecular complexity index is 391. The van der Waals surface area contributed by atoms with Gasteiger partial charge >= 0.3 is 0 Å². The molecule has 0 fully saturated rings. The van der Waals surface area contributed by atoms with Crippen LogP contribution in [0, 0.1) is 17.1 Å². The second-order valence-corrected chi connectivity index (χ2v) is 3.92. The maximum Gasteiger partial charge on any atom is 0.123 e. The third-order valence-electron chi connectivity index (χ3n) is 2.35. The highest BCUT2D eigenvalue weighted by Gasteiger charge is 2.22. The summed E-state index contributed by atoms with van der Waals surface area (Å²) in [5, 5.41) is 12.2. The van der Waals surface area contributed by atoms with Crippen molar-refractivity contribution in [2.75, 3.05) is 6.54 Å². The molecule has 0 aromatic heterocycles. The molecule has 0 spiro atoms. The van der Waals surface area contributed by atoms with E-state index in [-0.39, 0.29) is 5.82 Å². The van der Waals surface area contributed by atoms with Gasteiger partial charge in [0.15, 0.2) is 0 Å². The smallest absolute Gasteiger partial charge is 0.123 e. The van der Waals surface area contributed by atoms with Crippen LogP contribution in [-0.2, 0) is 6.42 Å². The fourth-order valence-corrected chi connectivity index (χ4v) is 1.45. The van der Waals surface area contributed by atoms with Gasteiger partial charge in [-0.15, -0.1) is 6.58 Å². The van der Waals surface area contributed by atoms with E-state index in [1.54, 1.807) is 18.2 Å². The molecule has 0 heterocycles. The fraction of sp³-hybridized carbons (Fsp3) is 0.308. The zero-order valence-electron chi connectivity index (χ0n) is 9.33. The van der Waals surface area contributed by atoms with Gasteiger partial charge < -0.3 is 0 Å². The van der Waals surface area contributed by atoms with Crippen LogP contribution in [-0.4, -0.2) is 12.1 Å². The minimum absolute atomic E-state index is 0.263. The first kappa shape index (κ1) is 12.4. The highest BCUT2D eigenvalue weighted by molar-refractivity contribution is 5.22. The number of rotatable bonds is 5. The first-order chi connectivity index (χ1) is 7.59. The van der Waals surface area contributed by atoms with Crippen molar-refractivity contribution in [1.82, 2.24) is 5.32 Å². The van der Waals surface area contributed by atoms with Crippen LogP contribution in [0.5, 0.6) is 0 Å². The standard InChI is InChI=1S/C13H15FN2/c1-3-8-16-13(2,10-15)9-11-4-6-12(14)7-5-11/h3-7,16H,1,8-9H2,2H3. The molecule has 0 bridgehead atoms. The van der Waals surface area contributed by atoms with Crippen LogP contribution in [0.2, 0.25) is 0 Å². The predicted octanol–water partition coefficient (Wildman–Crippen LogP) is 2.43. The van der Waals surface area contributed by atoms with Crippen LogP contribution in [0.1, 0.15) is 12.5 Å². The number of hydrogen-bond acceptors (Lipinski definition) is 2. The molecule has 0 saturated heterocycles. The molecule has 1 unspecified atom stereocenters. The van der Waals surface area contributed by atoms with E-state index in [0.29, 0.717) is 13.0 Å². The molecule has 0 aliphatic rings. The second-order valence-electron chi connectivity index (χ2n) is 3.92. The number of hydrogen-bond donors (Lipinski definition) is 1. The van der Waals surface area contributed by atoms with Crippen LogP contribution in [0.3, 0.4) is 0 Å². The summed E-state index contributed by atoms with van der Waals surface area (Å²) in [6.45, 7) is 5.99. The van der Waals surface area contributed by atoms with Crippen molar-refractivity contribution in [2.45, 2.75) is 18.9 Å². The maximum absolute atomic E-state index is 12.7. The van der Waals surface area contributed by atoms with E-state index < -0.39 is 5.54 Å². The minimum atomic E-state index is -0.647. The molecule has 1 rings (SSSR count). The van der Waals surface area contributed by atoms with Gasteiger partial charge in [0.25, 0.3) is 0 Å². The van der Waals surface area contributed by atoms with Crippen molar-refractivity contribution in [2.24, 2.45) is 0 Å². The molecule has 0 aliphatic carbocycles. The molecule has 2 nitrogen and oxygen atoms in total. The number of nitrogens with zero attached hydrogens (tertiary/aromatic N) is 1. The molecule has 1 aromatic rings. The van der Waals surface area contributed by atoms with E-state index in [1.807, 2.05) is 6.92 Å². The van der Waals surface area contributed by atoms with E-state index in [1.165, 1.54) is 12.1 Å². The summed E-state index contributed by atoms with van der Waals surface area (Å²) in [6, 6.07) is 8.42. The fourth-order valence-electron chi connectivity index (χ4n) is 1.45. The average molecular weight is 218 g/mol. The van der Waals surface area contributed by atoms with E-state index >= 15 is 0 Å². The Morgan fingerprint density at radius 2 is 2.12 bits per heavy atom. The summed E-state index contributed by atoms with van der Waals surface area (Å²) in [6.07, 6.45) is 2.25. The van der Waals surface area contributed by atoms with E-state index in [0.717, 1.165) is 5.56 Å². The molecule has 1 atom stereocenters. The van der Waals surface area contributed by atoms with Crippen molar-refractivity contribution >= 4 is 0 Å². The Labute approximate surface area is 95.4 Å². The number of halogens is 1. The van der Waals surface area contributed by atoms with Crippen LogP contribution in [0.4, 0.5) is 4.39 Å². The van der Waals surface area contributed by atoms with E-state index in [4.69, 9.17) is 5.26 Å². The second kappa shape index (κ2) is 5.43. The average Bonchev–Trinajstić information content (AvgIpc) is 2.30. The van der Waals surface area contributed by atoms with Crippen molar-refractivity contribution in [3.8, 4) is 6.07 Å². The molecule has 3 heteroatoms. The predicted molar refractivity (Wildman–Crippen MR) is 62.3 cm³/mol. The molecule has 1 aromatic carbocycles. The molecule has 0 saturated carbocycles. The van der Waals surface area contributed by atoms with Gasteiger partial charge in [0, 0.05) is 13.0 Å². The summed E-state index contributed by atoms with van der Waals surface area (Å²) in [4.78, 5) is 0. The highest BCUT2D eigenvalue weighted by Crippen LogP contribution is 2.13. The van der Waals surface area contributed by atoms with E-state index in [9.17, 15) is 4.39 Å². The Morgan fingerprint density at radius 3 is 2.62 bits per heavy atom. The van der Waals surface area contributed by atoms with Gasteiger partial charge in [-0.1, -0.05) is 18.2 Å². The quantitative estimate of drug-likeness (QED) is 0.770. The van der Waals surface area contributed by atoms with Gasteiger partial charge in [-0.2, -0.15) is 5.26 Å². The van der Waals surface area contributed by atoms with Crippen LogP contribution >= 0.6 is 0 Å². The summed E-state index contributed by atoms with van der Waals surface area (Å²) < 4.78 is 12.7. The molecule has 84 valence electrons. The number of benzene rings is 1. The molecule has 0 radical (unpaired) electrons. The summed E-state index contributed by atoms with van der Waals surface area (Å²) in [7, 11) is 0. The Kier molecular flexibility index (Phi) is 4.21. The number of nitriles is 1. The largest absolute Gasteiger partial charge is 0.296 e. The lowest BCUT2D eigenvalue weighted by molar-refractivity contribution is 0.468. The first-order valence-corrected chi connectivity index (χ1v) is 5.11. The summed E-state index contributed by atoms with van der Waals surface area (Å²) >= 11 is 0. The molecule has 1 N–H and O–H groups in total. The van der Waals surface area contributed by atoms with E-state index in [2.05, 4.69) is 18.0 Å². The normalized spacial score (nSPS) is 13.8. The Morgan fingerprint density at radius 1 is 1.50 bits per heavy atom. The van der Waals surface area contributed by atoms with Crippen molar-refractivity contribution in [3.05, 3.63) is 48.3 Å². The van der Waals surface area contributed by atoms with Gasteiger partial charge in [-0.25, -0.2) is 4.39 Å².